The normalized spacial score (nSPS) is 14.2. The van der Waals surface area contributed by atoms with Gasteiger partial charge in [-0.05, 0) is 46.0 Å². The van der Waals surface area contributed by atoms with Crippen LogP contribution in [0.5, 0.6) is 0 Å². The first-order valence-corrected chi connectivity index (χ1v) is 11.1. The third kappa shape index (κ3) is 3.64. The van der Waals surface area contributed by atoms with Crippen LogP contribution in [0.4, 0.5) is 5.00 Å². The second-order valence-corrected chi connectivity index (χ2v) is 8.71. The first-order chi connectivity index (χ1) is 14.7. The molecule has 150 valence electrons. The Morgan fingerprint density at radius 2 is 1.60 bits per heavy atom. The maximum Gasteiger partial charge on any atom is 0.182 e. The molecule has 0 N–H and O–H groups in total. The maximum absolute atomic E-state index is 12.4. The number of hydrogen-bond acceptors (Lipinski definition) is 4. The van der Waals surface area contributed by atoms with Crippen molar-refractivity contribution in [1.82, 2.24) is 0 Å². The topological polar surface area (TPSA) is 29.5 Å². The number of hydrogen-bond donors (Lipinski definition) is 0. The molecule has 0 amide bonds. The first-order valence-electron chi connectivity index (χ1n) is 10.3. The number of rotatable bonds is 3. The van der Waals surface area contributed by atoms with Crippen molar-refractivity contribution in [3.05, 3.63) is 88.6 Å². The smallest absolute Gasteiger partial charge is 0.182 e. The summed E-state index contributed by atoms with van der Waals surface area (Å²) in [5, 5.41) is 3.55. The van der Waals surface area contributed by atoms with Crippen molar-refractivity contribution in [2.24, 2.45) is 0 Å². The van der Waals surface area contributed by atoms with E-state index < -0.39 is 0 Å². The van der Waals surface area contributed by atoms with Gasteiger partial charge in [-0.25, -0.2) is 0 Å². The second-order valence-electron chi connectivity index (χ2n) is 7.65. The molecule has 1 fully saturated rings. The molecule has 1 saturated heterocycles. The lowest BCUT2D eigenvalue weighted by Crippen LogP contribution is -2.36. The Labute approximate surface area is 180 Å². The molecule has 0 atom stereocenters. The van der Waals surface area contributed by atoms with Crippen molar-refractivity contribution in [2.75, 3.05) is 31.2 Å². The number of nitrogens with zero attached hydrogens (tertiary/aromatic N) is 1. The van der Waals surface area contributed by atoms with Gasteiger partial charge in [0.25, 0.3) is 0 Å². The monoisotopic (exact) mass is 413 g/mol. The van der Waals surface area contributed by atoms with E-state index in [1.807, 2.05) is 0 Å². The molecule has 0 bridgehead atoms. The van der Waals surface area contributed by atoms with E-state index in [4.69, 9.17) is 4.74 Å². The van der Waals surface area contributed by atoms with Crippen LogP contribution in [0.25, 0.3) is 32.3 Å². The van der Waals surface area contributed by atoms with Crippen molar-refractivity contribution in [3.8, 4) is 21.6 Å². The minimum atomic E-state index is 0.0523. The summed E-state index contributed by atoms with van der Waals surface area (Å²) in [7, 11) is 0. The number of benzene rings is 3. The Morgan fingerprint density at radius 3 is 2.43 bits per heavy atom. The summed E-state index contributed by atoms with van der Waals surface area (Å²) >= 11 is 1.68. The van der Waals surface area contributed by atoms with Gasteiger partial charge in [-0.3, -0.25) is 4.79 Å². The third-order valence-corrected chi connectivity index (χ3v) is 6.84. The average Bonchev–Trinajstić information content (AvgIpc) is 2.80. The highest BCUT2D eigenvalue weighted by Gasteiger charge is 2.14. The van der Waals surface area contributed by atoms with Gasteiger partial charge in [0.1, 0.15) is 0 Å². The van der Waals surface area contributed by atoms with E-state index >= 15 is 0 Å². The quantitative estimate of drug-likeness (QED) is 0.429. The Balaban J connectivity index is 1.59. The molecule has 0 saturated carbocycles. The van der Waals surface area contributed by atoms with E-state index in [9.17, 15) is 4.79 Å². The first kappa shape index (κ1) is 19.0. The number of aryl methyl sites for hydroxylation is 1. The van der Waals surface area contributed by atoms with Crippen LogP contribution in [0.1, 0.15) is 5.56 Å². The fourth-order valence-corrected chi connectivity index (χ4v) is 5.22. The Kier molecular flexibility index (Phi) is 5.11. The summed E-state index contributed by atoms with van der Waals surface area (Å²) in [6, 6.07) is 24.9. The van der Waals surface area contributed by atoms with E-state index in [1.54, 1.807) is 23.5 Å². The predicted molar refractivity (Wildman–Crippen MR) is 127 cm³/mol. The highest BCUT2D eigenvalue weighted by molar-refractivity contribution is 7.19. The van der Waals surface area contributed by atoms with Gasteiger partial charge in [-0.15, -0.1) is 11.3 Å². The van der Waals surface area contributed by atoms with Gasteiger partial charge in [0.15, 0.2) is 5.43 Å². The summed E-state index contributed by atoms with van der Waals surface area (Å²) in [6.45, 7) is 5.23. The molecule has 5 rings (SSSR count). The summed E-state index contributed by atoms with van der Waals surface area (Å²) in [5.41, 5.74) is 4.79. The van der Waals surface area contributed by atoms with E-state index in [0.29, 0.717) is 13.2 Å². The molecule has 1 aliphatic rings. The van der Waals surface area contributed by atoms with E-state index in [-0.39, 0.29) is 5.43 Å². The zero-order valence-corrected chi connectivity index (χ0v) is 17.7. The van der Waals surface area contributed by atoms with Crippen molar-refractivity contribution < 1.29 is 4.74 Å². The van der Waals surface area contributed by atoms with Gasteiger partial charge >= 0.3 is 0 Å². The SMILES string of the molecule is Cc1ccc(-c2cccc(-c3cc(=O)cc(N4CCOCC4)s3)c2)c2ccccc12. The molecular formula is C26H23NO2S. The lowest BCUT2D eigenvalue weighted by atomic mass is 9.94. The van der Waals surface area contributed by atoms with Gasteiger partial charge in [-0.2, -0.15) is 0 Å². The lowest BCUT2D eigenvalue weighted by Gasteiger charge is -2.28. The minimum absolute atomic E-state index is 0.0523. The highest BCUT2D eigenvalue weighted by Crippen LogP contribution is 2.35. The summed E-state index contributed by atoms with van der Waals surface area (Å²) in [5.74, 6) is 0. The average molecular weight is 414 g/mol. The van der Waals surface area contributed by atoms with Gasteiger partial charge in [0.05, 0.1) is 18.2 Å². The molecule has 2 heterocycles. The van der Waals surface area contributed by atoms with Crippen LogP contribution < -0.4 is 10.3 Å². The van der Waals surface area contributed by atoms with Crippen molar-refractivity contribution in [3.63, 3.8) is 0 Å². The second kappa shape index (κ2) is 8.05. The van der Waals surface area contributed by atoms with Crippen LogP contribution in [0.15, 0.2) is 77.6 Å². The Hall–Kier alpha value is -2.95. The zero-order valence-electron chi connectivity index (χ0n) is 16.9. The molecule has 0 aliphatic carbocycles. The third-order valence-electron chi connectivity index (χ3n) is 5.68. The van der Waals surface area contributed by atoms with Gasteiger partial charge in [-0.1, -0.05) is 54.6 Å². The van der Waals surface area contributed by atoms with Crippen LogP contribution in [0.2, 0.25) is 0 Å². The molecular weight excluding hydrogens is 390 g/mol. The standard InChI is InChI=1S/C26H23NO2S/c1-18-9-10-23(24-8-3-2-7-22(18)24)19-5-4-6-20(15-19)25-16-21(28)17-26(30-25)27-11-13-29-14-12-27/h2-10,15-17H,11-14H2,1H3. The minimum Gasteiger partial charge on any atom is -0.378 e. The largest absolute Gasteiger partial charge is 0.378 e. The van der Waals surface area contributed by atoms with Gasteiger partial charge < -0.3 is 9.64 Å². The van der Waals surface area contributed by atoms with Crippen LogP contribution >= 0.6 is 11.3 Å². The maximum atomic E-state index is 12.4. The molecule has 0 spiro atoms. The zero-order chi connectivity index (χ0) is 20.5. The van der Waals surface area contributed by atoms with E-state index in [1.165, 1.54) is 27.5 Å². The molecule has 1 aliphatic heterocycles. The molecule has 4 heteroatoms. The van der Waals surface area contributed by atoms with Crippen LogP contribution in [-0.4, -0.2) is 26.3 Å². The molecule has 3 aromatic carbocycles. The van der Waals surface area contributed by atoms with Gasteiger partial charge in [0.2, 0.25) is 0 Å². The fraction of sp³-hybridized carbons (Fsp3) is 0.192. The number of anilines is 1. The van der Waals surface area contributed by atoms with E-state index in [2.05, 4.69) is 72.5 Å². The molecule has 0 unspecified atom stereocenters. The fourth-order valence-electron chi connectivity index (χ4n) is 4.09. The molecule has 4 aromatic rings. The summed E-state index contributed by atoms with van der Waals surface area (Å²) in [6.07, 6.45) is 0. The van der Waals surface area contributed by atoms with Crippen LogP contribution in [-0.2, 0) is 4.74 Å². The summed E-state index contributed by atoms with van der Waals surface area (Å²) in [4.78, 5) is 15.7. The number of ether oxygens (including phenoxy) is 1. The van der Waals surface area contributed by atoms with Crippen molar-refractivity contribution >= 4 is 27.1 Å². The predicted octanol–water partition coefficient (Wildman–Crippen LogP) is 5.74. The molecule has 30 heavy (non-hydrogen) atoms. The highest BCUT2D eigenvalue weighted by atomic mass is 32.1. The molecule has 1 aromatic heterocycles. The molecule has 3 nitrogen and oxygen atoms in total. The Morgan fingerprint density at radius 1 is 0.833 bits per heavy atom. The summed E-state index contributed by atoms with van der Waals surface area (Å²) < 4.78 is 5.46. The van der Waals surface area contributed by atoms with Crippen molar-refractivity contribution in [2.45, 2.75) is 6.92 Å². The number of fused-ring (bicyclic) bond motifs is 1. The number of morpholine rings is 1. The molecule has 0 radical (unpaired) electrons. The van der Waals surface area contributed by atoms with Crippen LogP contribution in [0.3, 0.4) is 0 Å². The van der Waals surface area contributed by atoms with Crippen molar-refractivity contribution in [1.29, 1.82) is 0 Å². The van der Waals surface area contributed by atoms with E-state index in [0.717, 1.165) is 28.5 Å². The van der Waals surface area contributed by atoms with Gasteiger partial charge in [0, 0.05) is 30.1 Å². The Bertz CT molecular complexity index is 1270. The lowest BCUT2D eigenvalue weighted by molar-refractivity contribution is 0.123. The van der Waals surface area contributed by atoms with Crippen LogP contribution in [0, 0.1) is 6.92 Å².